The molecule has 0 saturated carbocycles. The first-order valence-corrected chi connectivity index (χ1v) is 7.75. The van der Waals surface area contributed by atoms with Crippen LogP contribution >= 0.6 is 0 Å². The highest BCUT2D eigenvalue weighted by atomic mass is 16.5. The Kier molecular flexibility index (Phi) is 7.45. The second-order valence-corrected chi connectivity index (χ2v) is 5.19. The molecule has 0 amide bonds. The van der Waals surface area contributed by atoms with Crippen molar-refractivity contribution in [3.05, 3.63) is 23.8 Å². The summed E-state index contributed by atoms with van der Waals surface area (Å²) in [7, 11) is 1.65. The number of nitrogens with one attached hydrogen (secondary N) is 1. The number of hydrogen-bond donors (Lipinski definition) is 2. The lowest BCUT2D eigenvalue weighted by Crippen LogP contribution is -2.38. The van der Waals surface area contributed by atoms with Crippen LogP contribution < -0.4 is 14.8 Å². The zero-order chi connectivity index (χ0) is 15.6. The zero-order valence-electron chi connectivity index (χ0n) is 13.2. The molecule has 1 saturated heterocycles. The molecular weight excluding hydrogens is 284 g/mol. The van der Waals surface area contributed by atoms with E-state index >= 15 is 0 Å². The van der Waals surface area contributed by atoms with E-state index in [1.807, 2.05) is 18.2 Å². The number of morpholine rings is 1. The topological polar surface area (TPSA) is 63.2 Å². The minimum Gasteiger partial charge on any atom is -0.493 e. The zero-order valence-corrected chi connectivity index (χ0v) is 13.2. The van der Waals surface area contributed by atoms with Gasteiger partial charge in [-0.2, -0.15) is 0 Å². The lowest BCUT2D eigenvalue weighted by atomic mass is 10.2. The molecule has 0 atom stereocenters. The summed E-state index contributed by atoms with van der Waals surface area (Å²) in [5.41, 5.74) is 1.10. The highest BCUT2D eigenvalue weighted by molar-refractivity contribution is 5.42. The van der Waals surface area contributed by atoms with Crippen LogP contribution in [0.2, 0.25) is 0 Å². The SMILES string of the molecule is COc1cc(CNCCO)ccc1OCCN1CCOCC1. The number of aliphatic hydroxyl groups is 1. The van der Waals surface area contributed by atoms with Crippen molar-refractivity contribution < 1.29 is 19.3 Å². The Bertz CT molecular complexity index is 436. The highest BCUT2D eigenvalue weighted by Crippen LogP contribution is 2.28. The molecule has 1 heterocycles. The van der Waals surface area contributed by atoms with Gasteiger partial charge in [0.25, 0.3) is 0 Å². The average Bonchev–Trinajstić information content (AvgIpc) is 2.57. The minimum atomic E-state index is 0.139. The van der Waals surface area contributed by atoms with E-state index in [2.05, 4.69) is 10.2 Å². The Hall–Kier alpha value is -1.34. The van der Waals surface area contributed by atoms with Gasteiger partial charge in [0.1, 0.15) is 6.61 Å². The van der Waals surface area contributed by atoms with Gasteiger partial charge in [0.2, 0.25) is 0 Å². The molecule has 22 heavy (non-hydrogen) atoms. The summed E-state index contributed by atoms with van der Waals surface area (Å²) in [6, 6.07) is 5.92. The molecule has 1 aromatic rings. The molecule has 2 N–H and O–H groups in total. The van der Waals surface area contributed by atoms with Crippen LogP contribution in [0.1, 0.15) is 5.56 Å². The maximum atomic E-state index is 8.77. The average molecular weight is 310 g/mol. The van der Waals surface area contributed by atoms with E-state index in [0.29, 0.717) is 19.7 Å². The summed E-state index contributed by atoms with van der Waals surface area (Å²) in [5, 5.41) is 11.9. The van der Waals surface area contributed by atoms with Crippen molar-refractivity contribution in [2.75, 3.05) is 59.7 Å². The van der Waals surface area contributed by atoms with Gasteiger partial charge in [-0.3, -0.25) is 4.90 Å². The first-order chi connectivity index (χ1) is 10.8. The molecule has 6 heteroatoms. The van der Waals surface area contributed by atoms with Gasteiger partial charge in [-0.15, -0.1) is 0 Å². The van der Waals surface area contributed by atoms with Crippen molar-refractivity contribution >= 4 is 0 Å². The molecule has 0 radical (unpaired) electrons. The van der Waals surface area contributed by atoms with Crippen molar-refractivity contribution in [2.24, 2.45) is 0 Å². The molecule has 0 bridgehead atoms. The second kappa shape index (κ2) is 9.63. The van der Waals surface area contributed by atoms with Crippen LogP contribution in [0.15, 0.2) is 18.2 Å². The minimum absolute atomic E-state index is 0.139. The first kappa shape index (κ1) is 17.0. The van der Waals surface area contributed by atoms with Crippen LogP contribution in [0.4, 0.5) is 0 Å². The number of ether oxygens (including phenoxy) is 3. The maximum absolute atomic E-state index is 8.77. The summed E-state index contributed by atoms with van der Waals surface area (Å²) in [6.45, 7) is 6.50. The summed E-state index contributed by atoms with van der Waals surface area (Å²) in [4.78, 5) is 2.34. The fraction of sp³-hybridized carbons (Fsp3) is 0.625. The number of methoxy groups -OCH3 is 1. The van der Waals surface area contributed by atoms with Gasteiger partial charge in [0.05, 0.1) is 26.9 Å². The normalized spacial score (nSPS) is 15.7. The van der Waals surface area contributed by atoms with E-state index in [1.54, 1.807) is 7.11 Å². The molecule has 1 fully saturated rings. The molecule has 0 aliphatic carbocycles. The summed E-state index contributed by atoms with van der Waals surface area (Å²) in [6.07, 6.45) is 0. The first-order valence-electron chi connectivity index (χ1n) is 7.75. The molecule has 124 valence electrons. The largest absolute Gasteiger partial charge is 0.493 e. The summed E-state index contributed by atoms with van der Waals surface area (Å²) in [5.74, 6) is 1.51. The lowest BCUT2D eigenvalue weighted by molar-refractivity contribution is 0.0321. The molecule has 2 rings (SSSR count). The van der Waals surface area contributed by atoms with E-state index < -0.39 is 0 Å². The number of rotatable bonds is 9. The van der Waals surface area contributed by atoms with E-state index in [-0.39, 0.29) is 6.61 Å². The third-order valence-electron chi connectivity index (χ3n) is 3.61. The van der Waals surface area contributed by atoms with Crippen molar-refractivity contribution in [3.63, 3.8) is 0 Å². The third kappa shape index (κ3) is 5.46. The Morgan fingerprint density at radius 3 is 2.82 bits per heavy atom. The van der Waals surface area contributed by atoms with Crippen LogP contribution in [0, 0.1) is 0 Å². The van der Waals surface area contributed by atoms with E-state index in [4.69, 9.17) is 19.3 Å². The van der Waals surface area contributed by atoms with Crippen LogP contribution in [0.25, 0.3) is 0 Å². The molecule has 0 aromatic heterocycles. The number of aliphatic hydroxyl groups excluding tert-OH is 1. The van der Waals surface area contributed by atoms with E-state index in [1.165, 1.54) is 0 Å². The van der Waals surface area contributed by atoms with Crippen LogP contribution in [0.5, 0.6) is 11.5 Å². The molecule has 1 aliphatic heterocycles. The van der Waals surface area contributed by atoms with Crippen molar-refractivity contribution in [3.8, 4) is 11.5 Å². The lowest BCUT2D eigenvalue weighted by Gasteiger charge is -2.26. The monoisotopic (exact) mass is 310 g/mol. The van der Waals surface area contributed by atoms with Crippen molar-refractivity contribution in [1.29, 1.82) is 0 Å². The van der Waals surface area contributed by atoms with Gasteiger partial charge in [-0.05, 0) is 17.7 Å². The van der Waals surface area contributed by atoms with Gasteiger partial charge in [-0.1, -0.05) is 6.07 Å². The predicted octanol–water partition coefficient (Wildman–Crippen LogP) is 0.488. The molecule has 0 unspecified atom stereocenters. The van der Waals surface area contributed by atoms with E-state index in [0.717, 1.165) is 49.9 Å². The predicted molar refractivity (Wildman–Crippen MR) is 84.5 cm³/mol. The Labute approximate surface area is 132 Å². The van der Waals surface area contributed by atoms with Crippen LogP contribution in [0.3, 0.4) is 0 Å². The number of hydrogen-bond acceptors (Lipinski definition) is 6. The van der Waals surface area contributed by atoms with Gasteiger partial charge < -0.3 is 24.6 Å². The third-order valence-corrected chi connectivity index (χ3v) is 3.61. The molecule has 0 spiro atoms. The van der Waals surface area contributed by atoms with E-state index in [9.17, 15) is 0 Å². The van der Waals surface area contributed by atoms with Gasteiger partial charge in [0, 0.05) is 32.7 Å². The van der Waals surface area contributed by atoms with Crippen molar-refractivity contribution in [2.45, 2.75) is 6.54 Å². The standard InChI is InChI=1S/C16H26N2O4/c1-20-16-12-14(13-17-4-8-19)2-3-15(16)22-11-7-18-5-9-21-10-6-18/h2-3,12,17,19H,4-11,13H2,1H3. The highest BCUT2D eigenvalue weighted by Gasteiger charge is 2.11. The van der Waals surface area contributed by atoms with Gasteiger partial charge in [-0.25, -0.2) is 0 Å². The molecule has 1 aliphatic rings. The fourth-order valence-corrected chi connectivity index (χ4v) is 2.36. The fourth-order valence-electron chi connectivity index (χ4n) is 2.36. The number of nitrogens with zero attached hydrogens (tertiary/aromatic N) is 1. The Balaban J connectivity index is 1.81. The Morgan fingerprint density at radius 2 is 2.09 bits per heavy atom. The summed E-state index contributed by atoms with van der Waals surface area (Å²) < 4.78 is 16.6. The molecule has 6 nitrogen and oxygen atoms in total. The molecule has 1 aromatic carbocycles. The smallest absolute Gasteiger partial charge is 0.161 e. The van der Waals surface area contributed by atoms with Gasteiger partial charge in [0.15, 0.2) is 11.5 Å². The van der Waals surface area contributed by atoms with Crippen LogP contribution in [-0.4, -0.2) is 69.7 Å². The van der Waals surface area contributed by atoms with Gasteiger partial charge >= 0.3 is 0 Å². The molecular formula is C16H26N2O4. The number of benzene rings is 1. The Morgan fingerprint density at radius 1 is 1.27 bits per heavy atom. The maximum Gasteiger partial charge on any atom is 0.161 e. The van der Waals surface area contributed by atoms with Crippen molar-refractivity contribution in [1.82, 2.24) is 10.2 Å². The van der Waals surface area contributed by atoms with Crippen LogP contribution in [-0.2, 0) is 11.3 Å². The second-order valence-electron chi connectivity index (χ2n) is 5.19. The quantitative estimate of drug-likeness (QED) is 0.647. The summed E-state index contributed by atoms with van der Waals surface area (Å²) >= 11 is 0.